The number of nitrogens with zero attached hydrogens (tertiary/aromatic N) is 1. The van der Waals surface area contributed by atoms with Gasteiger partial charge in [-0.2, -0.15) is 0 Å². The van der Waals surface area contributed by atoms with Gasteiger partial charge >= 0.3 is 0 Å². The van der Waals surface area contributed by atoms with Crippen molar-refractivity contribution in [3.63, 3.8) is 0 Å². The molecule has 0 aliphatic rings. The van der Waals surface area contributed by atoms with Gasteiger partial charge in [0.1, 0.15) is 0 Å². The van der Waals surface area contributed by atoms with Crippen molar-refractivity contribution in [2.24, 2.45) is 0 Å². The molecule has 0 aliphatic heterocycles. The molecule has 0 radical (unpaired) electrons. The van der Waals surface area contributed by atoms with Crippen molar-refractivity contribution >= 4 is 11.6 Å². The molecule has 0 aliphatic carbocycles. The average Bonchev–Trinajstić information content (AvgIpc) is 2.15. The molecule has 0 aromatic carbocycles. The fourth-order valence-electron chi connectivity index (χ4n) is 1.09. The summed E-state index contributed by atoms with van der Waals surface area (Å²) in [5.41, 5.74) is 2.06. The Bertz CT molecular complexity index is 240. The molecule has 2 nitrogen and oxygen atoms in total. The lowest BCUT2D eigenvalue weighted by molar-refractivity contribution is 0.288. The normalized spacial score (nSPS) is 10.2. The molecule has 1 rings (SSSR count). The number of aryl methyl sites for hydroxylation is 1. The van der Waals surface area contributed by atoms with E-state index in [1.807, 2.05) is 12.1 Å². The van der Waals surface area contributed by atoms with Crippen LogP contribution in [0.4, 0.5) is 0 Å². The Kier molecular flexibility index (Phi) is 4.05. The lowest BCUT2D eigenvalue weighted by Gasteiger charge is -2.03. The SMILES string of the molecule is OCCCc1cccnc1CCl. The van der Waals surface area contributed by atoms with Gasteiger partial charge in [-0.1, -0.05) is 6.07 Å². The van der Waals surface area contributed by atoms with Crippen molar-refractivity contribution in [2.75, 3.05) is 6.61 Å². The summed E-state index contributed by atoms with van der Waals surface area (Å²) in [5.74, 6) is 0.446. The Morgan fingerprint density at radius 3 is 3.00 bits per heavy atom. The highest BCUT2D eigenvalue weighted by Gasteiger charge is 2.00. The zero-order chi connectivity index (χ0) is 8.81. The van der Waals surface area contributed by atoms with E-state index in [9.17, 15) is 0 Å². The zero-order valence-electron chi connectivity index (χ0n) is 6.83. The largest absolute Gasteiger partial charge is 0.396 e. The molecule has 1 aromatic rings. The highest BCUT2D eigenvalue weighted by molar-refractivity contribution is 6.16. The van der Waals surface area contributed by atoms with E-state index in [4.69, 9.17) is 16.7 Å². The first-order valence-corrected chi connectivity index (χ1v) is 4.51. The predicted molar refractivity (Wildman–Crippen MR) is 49.2 cm³/mol. The van der Waals surface area contributed by atoms with E-state index in [-0.39, 0.29) is 6.61 Å². The van der Waals surface area contributed by atoms with Crippen molar-refractivity contribution in [3.8, 4) is 0 Å². The Morgan fingerprint density at radius 1 is 1.50 bits per heavy atom. The monoisotopic (exact) mass is 185 g/mol. The second-order valence-electron chi connectivity index (χ2n) is 2.57. The molecule has 66 valence electrons. The van der Waals surface area contributed by atoms with Gasteiger partial charge in [-0.05, 0) is 24.5 Å². The lowest BCUT2D eigenvalue weighted by Crippen LogP contribution is -1.96. The molecule has 0 atom stereocenters. The van der Waals surface area contributed by atoms with Crippen molar-refractivity contribution in [3.05, 3.63) is 29.6 Å². The Labute approximate surface area is 77.2 Å². The summed E-state index contributed by atoms with van der Waals surface area (Å²) >= 11 is 5.69. The van der Waals surface area contributed by atoms with Gasteiger partial charge in [0.05, 0.1) is 11.6 Å². The van der Waals surface area contributed by atoms with Gasteiger partial charge in [-0.3, -0.25) is 4.98 Å². The van der Waals surface area contributed by atoms with Crippen LogP contribution in [0.25, 0.3) is 0 Å². The second-order valence-corrected chi connectivity index (χ2v) is 2.84. The summed E-state index contributed by atoms with van der Waals surface area (Å²) in [7, 11) is 0. The smallest absolute Gasteiger partial charge is 0.0650 e. The standard InChI is InChI=1S/C9H12ClNO/c10-7-9-8(4-2-6-12)3-1-5-11-9/h1,3,5,12H,2,4,6-7H2. The summed E-state index contributed by atoms with van der Waals surface area (Å²) in [5, 5.41) is 8.64. The lowest BCUT2D eigenvalue weighted by atomic mass is 10.1. The molecule has 0 amide bonds. The number of alkyl halides is 1. The zero-order valence-corrected chi connectivity index (χ0v) is 7.59. The third-order valence-electron chi connectivity index (χ3n) is 1.72. The number of aliphatic hydroxyl groups is 1. The minimum absolute atomic E-state index is 0.219. The van der Waals surface area contributed by atoms with Crippen molar-refractivity contribution in [1.29, 1.82) is 0 Å². The van der Waals surface area contributed by atoms with Gasteiger partial charge in [0.15, 0.2) is 0 Å². The van der Waals surface area contributed by atoms with Crippen molar-refractivity contribution in [2.45, 2.75) is 18.7 Å². The third-order valence-corrected chi connectivity index (χ3v) is 1.97. The minimum atomic E-state index is 0.219. The third kappa shape index (κ3) is 2.47. The van der Waals surface area contributed by atoms with E-state index >= 15 is 0 Å². The molecular formula is C9H12ClNO. The van der Waals surface area contributed by atoms with Crippen LogP contribution in [0.5, 0.6) is 0 Å². The van der Waals surface area contributed by atoms with Crippen LogP contribution in [0.3, 0.4) is 0 Å². The molecule has 1 N–H and O–H groups in total. The molecule has 0 bridgehead atoms. The van der Waals surface area contributed by atoms with Gasteiger partial charge in [0.2, 0.25) is 0 Å². The van der Waals surface area contributed by atoms with Crippen LogP contribution in [0, 0.1) is 0 Å². The quantitative estimate of drug-likeness (QED) is 0.725. The van der Waals surface area contributed by atoms with E-state index in [2.05, 4.69) is 4.98 Å². The number of aromatic nitrogens is 1. The van der Waals surface area contributed by atoms with Gasteiger partial charge in [-0.15, -0.1) is 11.6 Å². The Morgan fingerprint density at radius 2 is 2.33 bits per heavy atom. The summed E-state index contributed by atoms with van der Waals surface area (Å²) in [4.78, 5) is 4.14. The van der Waals surface area contributed by atoms with Crippen LogP contribution in [0.2, 0.25) is 0 Å². The molecule has 0 spiro atoms. The highest BCUT2D eigenvalue weighted by atomic mass is 35.5. The predicted octanol–water partition coefficient (Wildman–Crippen LogP) is 1.75. The van der Waals surface area contributed by atoms with Gasteiger partial charge < -0.3 is 5.11 Å². The fourth-order valence-corrected chi connectivity index (χ4v) is 1.33. The maximum atomic E-state index is 8.64. The van der Waals surface area contributed by atoms with Gasteiger partial charge in [0.25, 0.3) is 0 Å². The van der Waals surface area contributed by atoms with Crippen LogP contribution in [0.1, 0.15) is 17.7 Å². The van der Waals surface area contributed by atoms with Crippen LogP contribution in [-0.4, -0.2) is 16.7 Å². The fraction of sp³-hybridized carbons (Fsp3) is 0.444. The van der Waals surface area contributed by atoms with Gasteiger partial charge in [-0.25, -0.2) is 0 Å². The van der Waals surface area contributed by atoms with E-state index < -0.39 is 0 Å². The molecule has 0 saturated heterocycles. The minimum Gasteiger partial charge on any atom is -0.396 e. The van der Waals surface area contributed by atoms with Crippen molar-refractivity contribution in [1.82, 2.24) is 4.98 Å². The topological polar surface area (TPSA) is 33.1 Å². The van der Waals surface area contributed by atoms with E-state index in [0.29, 0.717) is 5.88 Å². The van der Waals surface area contributed by atoms with Crippen molar-refractivity contribution < 1.29 is 5.11 Å². The van der Waals surface area contributed by atoms with Crippen LogP contribution >= 0.6 is 11.6 Å². The summed E-state index contributed by atoms with van der Waals surface area (Å²) < 4.78 is 0. The average molecular weight is 186 g/mol. The first kappa shape index (κ1) is 9.49. The first-order chi connectivity index (χ1) is 5.88. The summed E-state index contributed by atoms with van der Waals surface area (Å²) in [6, 6.07) is 3.89. The molecule has 0 saturated carbocycles. The maximum absolute atomic E-state index is 8.64. The molecule has 0 fully saturated rings. The number of aliphatic hydroxyl groups excluding tert-OH is 1. The van der Waals surface area contributed by atoms with E-state index in [1.165, 1.54) is 0 Å². The molecular weight excluding hydrogens is 174 g/mol. The van der Waals surface area contributed by atoms with Crippen LogP contribution < -0.4 is 0 Å². The number of hydrogen-bond donors (Lipinski definition) is 1. The maximum Gasteiger partial charge on any atom is 0.0650 e. The van der Waals surface area contributed by atoms with Gasteiger partial charge in [0, 0.05) is 12.8 Å². The van der Waals surface area contributed by atoms with E-state index in [0.717, 1.165) is 24.1 Å². The highest BCUT2D eigenvalue weighted by Crippen LogP contribution is 2.09. The van der Waals surface area contributed by atoms with Crippen LogP contribution in [0.15, 0.2) is 18.3 Å². The van der Waals surface area contributed by atoms with E-state index in [1.54, 1.807) is 6.20 Å². The van der Waals surface area contributed by atoms with Crippen LogP contribution in [-0.2, 0) is 12.3 Å². The number of pyridine rings is 1. The number of rotatable bonds is 4. The molecule has 0 unspecified atom stereocenters. The number of hydrogen-bond acceptors (Lipinski definition) is 2. The molecule has 1 aromatic heterocycles. The summed E-state index contributed by atoms with van der Waals surface area (Å²) in [6.45, 7) is 0.219. The molecule has 1 heterocycles. The Hall–Kier alpha value is -0.600. The summed E-state index contributed by atoms with van der Waals surface area (Å²) in [6.07, 6.45) is 3.36. The molecule has 3 heteroatoms. The second kappa shape index (κ2) is 5.12. The first-order valence-electron chi connectivity index (χ1n) is 3.98. The molecule has 12 heavy (non-hydrogen) atoms. The Balaban J connectivity index is 2.68. The number of halogens is 1.